The van der Waals surface area contributed by atoms with Gasteiger partial charge in [-0.05, 0) is 83.7 Å². The summed E-state index contributed by atoms with van der Waals surface area (Å²) in [5, 5.41) is 4.91. The van der Waals surface area contributed by atoms with Crippen molar-refractivity contribution in [2.45, 2.75) is 19.3 Å². The summed E-state index contributed by atoms with van der Waals surface area (Å²) in [5.74, 6) is 0.720. The summed E-state index contributed by atoms with van der Waals surface area (Å²) in [6.45, 7) is 4.71. The van der Waals surface area contributed by atoms with Crippen LogP contribution in [0.5, 0.6) is 0 Å². The molecule has 8 aromatic rings. The van der Waals surface area contributed by atoms with Crippen LogP contribution in [0.4, 0.5) is 0 Å². The minimum Gasteiger partial charge on any atom is -0.236 e. The van der Waals surface area contributed by atoms with Crippen molar-refractivity contribution < 1.29 is 0 Å². The van der Waals surface area contributed by atoms with Gasteiger partial charge in [0.25, 0.3) is 0 Å². The van der Waals surface area contributed by atoms with Crippen LogP contribution in [0.25, 0.3) is 77.4 Å². The van der Waals surface area contributed by atoms with Gasteiger partial charge in [0.05, 0.1) is 0 Å². The fraction of sp³-hybridized carbons (Fsp3) is 0.0667. The van der Waals surface area contributed by atoms with Crippen molar-refractivity contribution in [3.05, 3.63) is 169 Å². The molecule has 0 saturated heterocycles. The largest absolute Gasteiger partial charge is 0.236 e. The summed E-state index contributed by atoms with van der Waals surface area (Å²) in [7, 11) is 0. The quantitative estimate of drug-likeness (QED) is 0.188. The van der Waals surface area contributed by atoms with Crippen molar-refractivity contribution in [2.24, 2.45) is 0 Å². The molecule has 0 radical (unpaired) electrons. The van der Waals surface area contributed by atoms with Crippen LogP contribution in [0.2, 0.25) is 0 Å². The maximum absolute atomic E-state index is 4.84. The smallest absolute Gasteiger partial charge is 0.159 e. The zero-order valence-electron chi connectivity index (χ0n) is 26.4. The highest BCUT2D eigenvalue weighted by atomic mass is 14.9. The van der Waals surface area contributed by atoms with Gasteiger partial charge in [-0.2, -0.15) is 0 Å². The molecule has 1 aromatic heterocycles. The Morgan fingerprint density at radius 1 is 0.383 bits per heavy atom. The molecule has 1 heterocycles. The van der Waals surface area contributed by atoms with Crippen LogP contribution in [-0.4, -0.2) is 9.97 Å². The summed E-state index contributed by atoms with van der Waals surface area (Å²) in [5.41, 5.74) is 13.4. The Labute approximate surface area is 275 Å². The Bertz CT molecular complexity index is 2460. The summed E-state index contributed by atoms with van der Waals surface area (Å²) in [6, 6.07) is 52.6. The standard InChI is InChI=1S/C45H32N2/c1-45(2)40-20-12-11-17-34(40)35-23-21-31(26-41(35)45)43-37-19-10-9-18-36(37)42(30-15-7-4-8-16-30)39-25-32(22-24-38(39)43)44-46-27-33(28-47-44)29-13-5-3-6-14-29/h3-28H,1-2H3. The molecular formula is C45H32N2. The molecule has 0 amide bonds. The second-order valence-corrected chi connectivity index (χ2v) is 13.0. The Morgan fingerprint density at radius 2 is 0.936 bits per heavy atom. The Hall–Kier alpha value is -5.86. The third kappa shape index (κ3) is 4.33. The van der Waals surface area contributed by atoms with Crippen molar-refractivity contribution in [3.8, 4) is 55.9 Å². The molecule has 2 nitrogen and oxygen atoms in total. The minimum absolute atomic E-state index is 0.0755. The maximum atomic E-state index is 4.84. The van der Waals surface area contributed by atoms with E-state index in [9.17, 15) is 0 Å². The van der Waals surface area contributed by atoms with E-state index in [-0.39, 0.29) is 5.41 Å². The SMILES string of the molecule is CC1(C)c2ccccc2-c2ccc(-c3c4ccccc4c(-c4ccccc4)c4cc(-c5ncc(-c6ccccc6)cn5)ccc34)cc21. The third-order valence-electron chi connectivity index (χ3n) is 9.98. The monoisotopic (exact) mass is 600 g/mol. The maximum Gasteiger partial charge on any atom is 0.159 e. The molecule has 0 unspecified atom stereocenters. The molecule has 0 bridgehead atoms. The second kappa shape index (κ2) is 10.6. The number of nitrogens with zero attached hydrogens (tertiary/aromatic N) is 2. The Morgan fingerprint density at radius 3 is 1.66 bits per heavy atom. The predicted octanol–water partition coefficient (Wildman–Crippen LogP) is 11.8. The van der Waals surface area contributed by atoms with Gasteiger partial charge in [-0.1, -0.05) is 147 Å². The lowest BCUT2D eigenvalue weighted by molar-refractivity contribution is 0.660. The molecule has 7 aromatic carbocycles. The van der Waals surface area contributed by atoms with Gasteiger partial charge in [-0.25, -0.2) is 9.97 Å². The van der Waals surface area contributed by atoms with E-state index in [4.69, 9.17) is 9.97 Å². The average molecular weight is 601 g/mol. The average Bonchev–Trinajstić information content (AvgIpc) is 3.36. The van der Waals surface area contributed by atoms with Crippen LogP contribution in [0.3, 0.4) is 0 Å². The Balaban J connectivity index is 1.29. The molecule has 222 valence electrons. The molecule has 2 heteroatoms. The highest BCUT2D eigenvalue weighted by Gasteiger charge is 2.35. The first-order valence-corrected chi connectivity index (χ1v) is 16.2. The minimum atomic E-state index is -0.0755. The fourth-order valence-corrected chi connectivity index (χ4v) is 7.66. The van der Waals surface area contributed by atoms with Crippen molar-refractivity contribution in [3.63, 3.8) is 0 Å². The van der Waals surface area contributed by atoms with Crippen LogP contribution >= 0.6 is 0 Å². The third-order valence-corrected chi connectivity index (χ3v) is 9.98. The molecule has 0 fully saturated rings. The van der Waals surface area contributed by atoms with E-state index < -0.39 is 0 Å². The number of fused-ring (bicyclic) bond motifs is 5. The highest BCUT2D eigenvalue weighted by molar-refractivity contribution is 6.22. The number of benzene rings is 7. The topological polar surface area (TPSA) is 25.8 Å². The number of hydrogen-bond acceptors (Lipinski definition) is 2. The van der Waals surface area contributed by atoms with E-state index in [2.05, 4.69) is 141 Å². The zero-order chi connectivity index (χ0) is 31.5. The van der Waals surface area contributed by atoms with E-state index in [0.717, 1.165) is 22.5 Å². The van der Waals surface area contributed by atoms with Crippen molar-refractivity contribution in [2.75, 3.05) is 0 Å². The Kier molecular flexibility index (Phi) is 6.20. The van der Waals surface area contributed by atoms with Crippen molar-refractivity contribution in [1.29, 1.82) is 0 Å². The molecule has 47 heavy (non-hydrogen) atoms. The number of rotatable bonds is 4. The summed E-state index contributed by atoms with van der Waals surface area (Å²) in [6.07, 6.45) is 3.85. The van der Waals surface area contributed by atoms with E-state index >= 15 is 0 Å². The van der Waals surface area contributed by atoms with Gasteiger partial charge in [0.2, 0.25) is 0 Å². The molecule has 9 rings (SSSR count). The molecule has 0 spiro atoms. The van der Waals surface area contributed by atoms with Crippen molar-refractivity contribution in [1.82, 2.24) is 9.97 Å². The van der Waals surface area contributed by atoms with Gasteiger partial charge in [0, 0.05) is 28.9 Å². The van der Waals surface area contributed by atoms with E-state index in [1.165, 1.54) is 66.1 Å². The van der Waals surface area contributed by atoms with E-state index in [1.807, 2.05) is 30.6 Å². The van der Waals surface area contributed by atoms with Gasteiger partial charge < -0.3 is 0 Å². The summed E-state index contributed by atoms with van der Waals surface area (Å²) < 4.78 is 0. The first kappa shape index (κ1) is 27.5. The second-order valence-electron chi connectivity index (χ2n) is 13.0. The molecule has 0 N–H and O–H groups in total. The van der Waals surface area contributed by atoms with Crippen LogP contribution in [0.15, 0.2) is 158 Å². The molecule has 0 saturated carbocycles. The van der Waals surface area contributed by atoms with Gasteiger partial charge in [-0.15, -0.1) is 0 Å². The lowest BCUT2D eigenvalue weighted by Crippen LogP contribution is -2.14. The van der Waals surface area contributed by atoms with E-state index in [0.29, 0.717) is 0 Å². The fourth-order valence-electron chi connectivity index (χ4n) is 7.66. The van der Waals surface area contributed by atoms with Gasteiger partial charge in [0.15, 0.2) is 5.82 Å². The summed E-state index contributed by atoms with van der Waals surface area (Å²) in [4.78, 5) is 9.68. The van der Waals surface area contributed by atoms with Crippen LogP contribution in [0.1, 0.15) is 25.0 Å². The van der Waals surface area contributed by atoms with Crippen LogP contribution in [0, 0.1) is 0 Å². The molecule has 0 aliphatic heterocycles. The van der Waals surface area contributed by atoms with Crippen LogP contribution < -0.4 is 0 Å². The lowest BCUT2D eigenvalue weighted by atomic mass is 9.80. The highest BCUT2D eigenvalue weighted by Crippen LogP contribution is 2.51. The number of hydrogen-bond donors (Lipinski definition) is 0. The molecule has 1 aliphatic carbocycles. The number of aromatic nitrogens is 2. The predicted molar refractivity (Wildman–Crippen MR) is 196 cm³/mol. The molecular weight excluding hydrogens is 569 g/mol. The lowest BCUT2D eigenvalue weighted by Gasteiger charge is -2.23. The first-order chi connectivity index (χ1) is 23.1. The molecule has 0 atom stereocenters. The normalized spacial score (nSPS) is 13.1. The van der Waals surface area contributed by atoms with Crippen LogP contribution in [-0.2, 0) is 5.41 Å². The summed E-state index contributed by atoms with van der Waals surface area (Å²) >= 11 is 0. The first-order valence-electron chi connectivity index (χ1n) is 16.2. The zero-order valence-corrected chi connectivity index (χ0v) is 26.4. The molecule has 1 aliphatic rings. The van der Waals surface area contributed by atoms with Crippen molar-refractivity contribution >= 4 is 21.5 Å². The van der Waals surface area contributed by atoms with Gasteiger partial charge in [-0.3, -0.25) is 0 Å². The van der Waals surface area contributed by atoms with E-state index in [1.54, 1.807) is 0 Å². The van der Waals surface area contributed by atoms with Gasteiger partial charge >= 0.3 is 0 Å². The van der Waals surface area contributed by atoms with Gasteiger partial charge in [0.1, 0.15) is 0 Å².